The van der Waals surface area contributed by atoms with Gasteiger partial charge in [-0.15, -0.1) is 69.8 Å². The standard InChI is InChI=1S/2C20H22NSi.C14H24F2O2.Ir/c2*1-14-10-15(2)12-17(11-14)20-19-7-6-18(22(3,4)5)13-16(19)8-9-21-20;1-5-10(6-2)12(17)8-13(18)11(7-3)9-14(4,15)16;/h2*6-11,13H,1-5H3;8,10-11,18H,5-7,9H2,1-4H3;/q2*-1;;/b;;13-8-;/i8D,9D;9D;;. The van der Waals surface area contributed by atoms with Crippen LogP contribution in [0.4, 0.5) is 8.78 Å². The summed E-state index contributed by atoms with van der Waals surface area (Å²) < 4.78 is 50.3. The summed E-state index contributed by atoms with van der Waals surface area (Å²) in [6.07, 6.45) is 2.83. The molecule has 1 radical (unpaired) electrons. The molecule has 63 heavy (non-hydrogen) atoms. The third kappa shape index (κ3) is 15.2. The first-order chi connectivity index (χ1) is 30.1. The average Bonchev–Trinajstić information content (AvgIpc) is 3.19. The van der Waals surface area contributed by atoms with E-state index in [-0.39, 0.29) is 49.8 Å². The van der Waals surface area contributed by atoms with Gasteiger partial charge < -0.3 is 15.1 Å². The summed E-state index contributed by atoms with van der Waals surface area (Å²) in [4.78, 5) is 20.7. The second-order valence-electron chi connectivity index (χ2n) is 18.9. The largest absolute Gasteiger partial charge is 0.512 e. The van der Waals surface area contributed by atoms with Gasteiger partial charge in [-0.05, 0) is 71.2 Å². The number of benzene rings is 4. The Hall–Kier alpha value is -4.15. The number of aromatic nitrogens is 2. The molecule has 0 bridgehead atoms. The summed E-state index contributed by atoms with van der Waals surface area (Å²) in [5.74, 6) is -4.00. The van der Waals surface area contributed by atoms with Crippen LogP contribution >= 0.6 is 0 Å². The predicted octanol–water partition coefficient (Wildman–Crippen LogP) is 14.2. The van der Waals surface area contributed by atoms with E-state index < -0.39 is 34.4 Å². The molecular weight excluding hydrogens is 995 g/mol. The van der Waals surface area contributed by atoms with Crippen LogP contribution < -0.4 is 10.4 Å². The van der Waals surface area contributed by atoms with E-state index >= 15 is 0 Å². The van der Waals surface area contributed by atoms with Crippen molar-refractivity contribution in [1.82, 2.24) is 9.97 Å². The molecule has 0 aliphatic carbocycles. The van der Waals surface area contributed by atoms with Crippen molar-refractivity contribution in [3.05, 3.63) is 131 Å². The predicted molar refractivity (Wildman–Crippen MR) is 266 cm³/mol. The molecule has 0 saturated carbocycles. The molecule has 0 saturated heterocycles. The minimum Gasteiger partial charge on any atom is -0.512 e. The van der Waals surface area contributed by atoms with Crippen LogP contribution in [0.3, 0.4) is 0 Å². The van der Waals surface area contributed by atoms with E-state index in [4.69, 9.17) is 4.11 Å². The molecule has 4 nitrogen and oxygen atoms in total. The first-order valence-electron chi connectivity index (χ1n) is 23.3. The minimum absolute atomic E-state index is 0. The summed E-state index contributed by atoms with van der Waals surface area (Å²) in [6.45, 7) is 28.4. The van der Waals surface area contributed by atoms with E-state index in [1.807, 2.05) is 39.8 Å². The molecule has 0 aliphatic rings. The van der Waals surface area contributed by atoms with Gasteiger partial charge in [0, 0.05) is 56.8 Å². The Labute approximate surface area is 396 Å². The third-order valence-corrected chi connectivity index (χ3v) is 15.2. The Bertz CT molecular complexity index is 2650. The number of carbonyl (C=O) groups excluding carboxylic acids is 1. The normalized spacial score (nSPS) is 13.2. The molecule has 0 amide bonds. The molecule has 1 atom stereocenters. The number of hydrogen-bond acceptors (Lipinski definition) is 4. The number of fused-ring (bicyclic) bond motifs is 2. The van der Waals surface area contributed by atoms with Crippen LogP contribution in [0.25, 0.3) is 44.1 Å². The zero-order valence-electron chi connectivity index (χ0n) is 42.8. The number of pyridine rings is 2. The fourth-order valence-electron chi connectivity index (χ4n) is 7.54. The van der Waals surface area contributed by atoms with Crippen molar-refractivity contribution in [2.45, 2.75) is 126 Å². The van der Waals surface area contributed by atoms with Gasteiger partial charge in [0.2, 0.25) is 5.92 Å². The number of aliphatic hydroxyl groups excluding tert-OH is 1. The van der Waals surface area contributed by atoms with Crippen molar-refractivity contribution >= 4 is 53.8 Å². The smallest absolute Gasteiger partial charge is 0.246 e. The summed E-state index contributed by atoms with van der Waals surface area (Å²) in [6, 6.07) is 30.1. The van der Waals surface area contributed by atoms with Gasteiger partial charge in [-0.3, -0.25) is 4.79 Å². The van der Waals surface area contributed by atoms with Crippen LogP contribution in [-0.4, -0.2) is 42.9 Å². The van der Waals surface area contributed by atoms with Gasteiger partial charge in [0.15, 0.2) is 5.78 Å². The monoisotopic (exact) mass is 1070 g/mol. The molecule has 6 aromatic rings. The van der Waals surface area contributed by atoms with E-state index in [1.165, 1.54) is 15.9 Å². The van der Waals surface area contributed by atoms with Gasteiger partial charge in [-0.25, -0.2) is 8.78 Å². The van der Waals surface area contributed by atoms with E-state index in [1.54, 1.807) is 6.92 Å². The zero-order chi connectivity index (χ0) is 48.8. The molecule has 1 unspecified atom stereocenters. The van der Waals surface area contributed by atoms with E-state index in [9.17, 15) is 18.7 Å². The Morgan fingerprint density at radius 1 is 0.714 bits per heavy atom. The van der Waals surface area contributed by atoms with Crippen LogP contribution in [0.5, 0.6) is 0 Å². The first kappa shape index (κ1) is 48.3. The van der Waals surface area contributed by atoms with Gasteiger partial charge >= 0.3 is 0 Å². The second-order valence-corrected chi connectivity index (χ2v) is 29.0. The van der Waals surface area contributed by atoms with Gasteiger partial charge in [-0.1, -0.05) is 135 Å². The van der Waals surface area contributed by atoms with E-state index in [0.717, 1.165) is 73.7 Å². The van der Waals surface area contributed by atoms with Gasteiger partial charge in [0.25, 0.3) is 0 Å². The van der Waals surface area contributed by atoms with Gasteiger partial charge in [-0.2, -0.15) is 0 Å². The topological polar surface area (TPSA) is 63.1 Å². The Kier molecular flexibility index (Phi) is 17.4. The molecule has 339 valence electrons. The van der Waals surface area contributed by atoms with Crippen LogP contribution in [0.15, 0.2) is 97.0 Å². The quantitative estimate of drug-likeness (QED) is 0.0574. The Morgan fingerprint density at radius 2 is 1.16 bits per heavy atom. The second kappa shape index (κ2) is 22.7. The number of rotatable bonds is 12. The number of ketones is 1. The van der Waals surface area contributed by atoms with Crippen LogP contribution in [0, 0.1) is 51.7 Å². The number of halogens is 2. The van der Waals surface area contributed by atoms with Crippen molar-refractivity contribution in [2.24, 2.45) is 11.8 Å². The summed E-state index contributed by atoms with van der Waals surface area (Å²) in [7, 11) is -2.85. The number of nitrogens with zero attached hydrogens (tertiary/aromatic N) is 2. The van der Waals surface area contributed by atoms with Crippen molar-refractivity contribution < 1.29 is 42.9 Å². The van der Waals surface area contributed by atoms with Gasteiger partial charge in [0.05, 0.1) is 26.0 Å². The maximum Gasteiger partial charge on any atom is 0.246 e. The molecule has 4 aromatic carbocycles. The summed E-state index contributed by atoms with van der Waals surface area (Å²) >= 11 is 0. The van der Waals surface area contributed by atoms with E-state index in [0.29, 0.717) is 25.4 Å². The number of hydrogen-bond donors (Lipinski definition) is 1. The van der Waals surface area contributed by atoms with Crippen molar-refractivity contribution in [3.8, 4) is 22.5 Å². The fourth-order valence-corrected chi connectivity index (χ4v) is 9.87. The molecule has 2 aromatic heterocycles. The molecule has 2 heterocycles. The maximum atomic E-state index is 12.9. The van der Waals surface area contributed by atoms with Crippen molar-refractivity contribution in [2.75, 3.05) is 0 Å². The van der Waals surface area contributed by atoms with Gasteiger partial charge in [0.1, 0.15) is 0 Å². The summed E-state index contributed by atoms with van der Waals surface area (Å²) in [5, 5.41) is 16.4. The van der Waals surface area contributed by atoms with E-state index in [2.05, 4.69) is 130 Å². The molecule has 9 heteroatoms. The average molecular weight is 1070 g/mol. The van der Waals surface area contributed by atoms with Crippen LogP contribution in [0.2, 0.25) is 39.3 Å². The SMILES string of the molecule is CCC(CC)C(=O)/C=C(\O)C(CC)CC(C)(F)F.[2H]c1cc2cc([Si](C)(C)C)ccc2c(-c2[c-]c(C)cc(C)c2)n1.[2H]c1nc(-c2[c-]c(C)cc(C)c2)c2ccc([Si](C)(C)C)cc2c1[2H].[Ir]. The molecule has 1 N–H and O–H groups in total. The maximum absolute atomic E-state index is 12.9. The first-order valence-corrected chi connectivity index (χ1v) is 28.8. The number of carbonyl (C=O) groups is 1. The molecule has 0 spiro atoms. The fraction of sp³-hybridized carbons (Fsp3) is 0.389. The Morgan fingerprint density at radius 3 is 1.59 bits per heavy atom. The zero-order valence-corrected chi connectivity index (χ0v) is 44.1. The minimum atomic E-state index is -2.83. The third-order valence-electron chi connectivity index (χ3n) is 11.1. The molecule has 0 fully saturated rings. The number of alkyl halides is 2. The number of aliphatic hydroxyl groups is 1. The molecule has 0 aliphatic heterocycles. The Balaban J connectivity index is 0.000000264. The molecule has 6 rings (SSSR count). The summed E-state index contributed by atoms with van der Waals surface area (Å²) in [5.41, 5.74) is 7.98. The van der Waals surface area contributed by atoms with Crippen molar-refractivity contribution in [3.63, 3.8) is 0 Å². The number of allylic oxidation sites excluding steroid dienone is 2. The van der Waals surface area contributed by atoms with Crippen molar-refractivity contribution in [1.29, 1.82) is 0 Å². The van der Waals surface area contributed by atoms with Crippen LogP contribution in [-0.2, 0) is 24.9 Å². The molecular formula is C54H68F2IrN2O2Si2-2. The number of aryl methyl sites for hydroxylation is 4. The van der Waals surface area contributed by atoms with Crippen LogP contribution in [0.1, 0.15) is 79.7 Å².